The highest BCUT2D eigenvalue weighted by molar-refractivity contribution is 7.13. The molecule has 1 saturated heterocycles. The zero-order valence-electron chi connectivity index (χ0n) is 14.4. The van der Waals surface area contributed by atoms with Crippen LogP contribution in [0.2, 0.25) is 0 Å². The maximum atomic E-state index is 12.9. The molecular formula is C15H23N5O5S. The van der Waals surface area contributed by atoms with Crippen LogP contribution < -0.4 is 10.8 Å². The number of nitrogens with zero attached hydrogens (tertiary/aromatic N) is 3. The van der Waals surface area contributed by atoms with E-state index in [4.69, 9.17) is 5.21 Å². The largest absolute Gasteiger partial charge is 0.382 e. The summed E-state index contributed by atoms with van der Waals surface area (Å²) in [5, 5.41) is 29.2. The zero-order valence-corrected chi connectivity index (χ0v) is 15.2. The predicted molar refractivity (Wildman–Crippen MR) is 92.2 cm³/mol. The fourth-order valence-corrected chi connectivity index (χ4v) is 3.47. The normalized spacial score (nSPS) is 19.0. The lowest BCUT2D eigenvalue weighted by molar-refractivity contribution is -0.152. The van der Waals surface area contributed by atoms with Crippen LogP contribution in [0.4, 0.5) is 5.13 Å². The van der Waals surface area contributed by atoms with Gasteiger partial charge < -0.3 is 10.0 Å². The van der Waals surface area contributed by atoms with Crippen LogP contribution in [-0.2, 0) is 14.4 Å². The maximum Gasteiger partial charge on any atom is 0.272 e. The molecule has 0 aliphatic carbocycles. The van der Waals surface area contributed by atoms with Crippen molar-refractivity contribution in [1.29, 1.82) is 0 Å². The van der Waals surface area contributed by atoms with Gasteiger partial charge in [-0.15, -0.1) is 10.2 Å². The molecule has 1 aromatic heterocycles. The van der Waals surface area contributed by atoms with Gasteiger partial charge in [0.25, 0.3) is 5.91 Å². The highest BCUT2D eigenvalue weighted by Crippen LogP contribution is 2.25. The summed E-state index contributed by atoms with van der Waals surface area (Å²) in [6, 6.07) is -0.695. The minimum atomic E-state index is -1.67. The van der Waals surface area contributed by atoms with Crippen LogP contribution in [0.1, 0.15) is 39.0 Å². The van der Waals surface area contributed by atoms with Crippen molar-refractivity contribution in [3.8, 4) is 0 Å². The van der Waals surface area contributed by atoms with Crippen LogP contribution in [-0.4, -0.2) is 61.8 Å². The molecule has 0 aromatic carbocycles. The molecule has 3 amide bonds. The van der Waals surface area contributed by atoms with Crippen molar-refractivity contribution in [1.82, 2.24) is 20.6 Å². The first-order chi connectivity index (χ1) is 12.5. The fourth-order valence-electron chi connectivity index (χ4n) is 3.02. The smallest absolute Gasteiger partial charge is 0.272 e. The summed E-state index contributed by atoms with van der Waals surface area (Å²) in [5.41, 5.74) is 2.86. The second kappa shape index (κ2) is 9.55. The number of aliphatic hydroxyl groups excluding tert-OH is 1. The van der Waals surface area contributed by atoms with E-state index >= 15 is 0 Å². The zero-order chi connectivity index (χ0) is 19.1. The number of hydrogen-bond donors (Lipinski definition) is 4. The first-order valence-corrected chi connectivity index (χ1v) is 9.37. The predicted octanol–water partition coefficient (Wildman–Crippen LogP) is 0.140. The summed E-state index contributed by atoms with van der Waals surface area (Å²) in [5.74, 6) is -2.89. The second-order valence-electron chi connectivity index (χ2n) is 6.09. The minimum absolute atomic E-state index is 0.283. The number of anilines is 1. The molecule has 11 heteroatoms. The van der Waals surface area contributed by atoms with Gasteiger partial charge in [-0.3, -0.25) is 24.9 Å². The quantitative estimate of drug-likeness (QED) is 0.368. The van der Waals surface area contributed by atoms with Crippen molar-refractivity contribution in [3.63, 3.8) is 0 Å². The number of hydroxylamine groups is 1. The molecule has 0 saturated carbocycles. The molecule has 1 fully saturated rings. The van der Waals surface area contributed by atoms with Crippen LogP contribution in [0.5, 0.6) is 0 Å². The van der Waals surface area contributed by atoms with Crippen molar-refractivity contribution >= 4 is 34.2 Å². The minimum Gasteiger partial charge on any atom is -0.382 e. The van der Waals surface area contributed by atoms with Gasteiger partial charge in [-0.1, -0.05) is 31.1 Å². The van der Waals surface area contributed by atoms with Crippen LogP contribution >= 0.6 is 11.3 Å². The summed E-state index contributed by atoms with van der Waals surface area (Å²) in [7, 11) is 0. The molecule has 2 heterocycles. The number of carbonyl (C=O) groups is 3. The van der Waals surface area contributed by atoms with Gasteiger partial charge in [-0.05, 0) is 19.3 Å². The molecule has 1 aromatic rings. The van der Waals surface area contributed by atoms with Crippen molar-refractivity contribution in [3.05, 3.63) is 5.51 Å². The number of likely N-dealkylation sites (tertiary alicyclic amines) is 1. The van der Waals surface area contributed by atoms with Crippen molar-refractivity contribution in [2.75, 3.05) is 11.9 Å². The second-order valence-corrected chi connectivity index (χ2v) is 6.93. The molecule has 26 heavy (non-hydrogen) atoms. The lowest BCUT2D eigenvalue weighted by Gasteiger charge is -2.29. The lowest BCUT2D eigenvalue weighted by atomic mass is 9.93. The lowest BCUT2D eigenvalue weighted by Crippen LogP contribution is -2.50. The molecule has 1 aliphatic rings. The summed E-state index contributed by atoms with van der Waals surface area (Å²) in [6.45, 7) is 2.29. The summed E-state index contributed by atoms with van der Waals surface area (Å²) in [4.78, 5) is 38.4. The number of hydrogen-bond acceptors (Lipinski definition) is 8. The van der Waals surface area contributed by atoms with E-state index in [0.29, 0.717) is 30.9 Å². The van der Waals surface area contributed by atoms with E-state index in [9.17, 15) is 19.5 Å². The number of amides is 3. The number of carbonyl (C=O) groups excluding carboxylic acids is 3. The molecule has 4 N–H and O–H groups in total. The highest BCUT2D eigenvalue weighted by Gasteiger charge is 2.41. The number of aromatic nitrogens is 2. The van der Waals surface area contributed by atoms with E-state index in [0.717, 1.165) is 6.42 Å². The Morgan fingerprint density at radius 1 is 1.46 bits per heavy atom. The Hall–Kier alpha value is -2.11. The first kappa shape index (κ1) is 20.2. The third-order valence-electron chi connectivity index (χ3n) is 4.37. The average molecular weight is 385 g/mol. The van der Waals surface area contributed by atoms with Crippen molar-refractivity contribution in [2.45, 2.75) is 51.2 Å². The first-order valence-electron chi connectivity index (χ1n) is 8.49. The molecule has 10 nitrogen and oxygen atoms in total. The molecule has 0 unspecified atom stereocenters. The number of rotatable bonds is 8. The Kier molecular flexibility index (Phi) is 7.42. The Morgan fingerprint density at radius 2 is 2.23 bits per heavy atom. The van der Waals surface area contributed by atoms with Gasteiger partial charge in [0, 0.05) is 6.54 Å². The molecule has 1 aliphatic heterocycles. The molecule has 0 radical (unpaired) electrons. The van der Waals surface area contributed by atoms with Gasteiger partial charge in [0.05, 0.1) is 5.92 Å². The van der Waals surface area contributed by atoms with Gasteiger partial charge in [0.15, 0.2) is 0 Å². The van der Waals surface area contributed by atoms with Gasteiger partial charge >= 0.3 is 0 Å². The Morgan fingerprint density at radius 3 is 2.85 bits per heavy atom. The van der Waals surface area contributed by atoms with E-state index in [-0.39, 0.29) is 12.3 Å². The van der Waals surface area contributed by atoms with Gasteiger partial charge in [-0.2, -0.15) is 0 Å². The third-order valence-corrected chi connectivity index (χ3v) is 4.98. The summed E-state index contributed by atoms with van der Waals surface area (Å²) >= 11 is 1.17. The maximum absolute atomic E-state index is 12.9. The topological polar surface area (TPSA) is 145 Å². The van der Waals surface area contributed by atoms with Crippen LogP contribution in [0.3, 0.4) is 0 Å². The van der Waals surface area contributed by atoms with E-state index in [2.05, 4.69) is 15.5 Å². The number of unbranched alkanes of at least 4 members (excludes halogenated alkanes) is 1. The van der Waals surface area contributed by atoms with E-state index < -0.39 is 29.9 Å². The highest BCUT2D eigenvalue weighted by atomic mass is 32.1. The van der Waals surface area contributed by atoms with Gasteiger partial charge in [-0.25, -0.2) is 5.48 Å². The van der Waals surface area contributed by atoms with Crippen LogP contribution in [0.25, 0.3) is 0 Å². The summed E-state index contributed by atoms with van der Waals surface area (Å²) < 4.78 is 0. The van der Waals surface area contributed by atoms with E-state index in [1.54, 1.807) is 0 Å². The number of aliphatic hydroxyl groups is 1. The van der Waals surface area contributed by atoms with Crippen molar-refractivity contribution in [2.24, 2.45) is 5.92 Å². The average Bonchev–Trinajstić information content (AvgIpc) is 3.32. The monoisotopic (exact) mass is 385 g/mol. The van der Waals surface area contributed by atoms with Gasteiger partial charge in [0.1, 0.15) is 17.7 Å². The van der Waals surface area contributed by atoms with E-state index in [1.807, 2.05) is 6.92 Å². The molecule has 2 rings (SSSR count). The molecular weight excluding hydrogens is 362 g/mol. The van der Waals surface area contributed by atoms with Gasteiger partial charge in [0.2, 0.25) is 16.9 Å². The van der Waals surface area contributed by atoms with Crippen LogP contribution in [0, 0.1) is 5.92 Å². The third kappa shape index (κ3) is 4.74. The number of nitrogens with one attached hydrogen (secondary N) is 2. The molecule has 3 atom stereocenters. The standard InChI is InChI=1S/C15H23N5O5S/c1-2-3-5-9(11(21)13(23)19-25)14(24)20-7-4-6-10(20)12(22)17-15-18-16-8-26-15/h8-11,21,25H,2-7H2,1H3,(H,19,23)(H,17,18,22)/t9-,10+,11+/m1/s1. The van der Waals surface area contributed by atoms with Crippen molar-refractivity contribution < 1.29 is 24.7 Å². The fraction of sp³-hybridized carbons (Fsp3) is 0.667. The Balaban J connectivity index is 2.11. The Bertz CT molecular complexity index is 626. The SMILES string of the molecule is CCCC[C@@H](C(=O)N1CCC[C@H]1C(=O)Nc1nncs1)[C@H](O)C(=O)NO. The Labute approximate surface area is 154 Å². The van der Waals surface area contributed by atoms with Crippen LogP contribution in [0.15, 0.2) is 5.51 Å². The molecule has 0 bridgehead atoms. The summed E-state index contributed by atoms with van der Waals surface area (Å²) in [6.07, 6.45) is 1.14. The molecule has 0 spiro atoms. The molecule has 144 valence electrons. The van der Waals surface area contributed by atoms with E-state index in [1.165, 1.54) is 27.2 Å².